The summed E-state index contributed by atoms with van der Waals surface area (Å²) in [6.45, 7) is 3.84. The van der Waals surface area contributed by atoms with Gasteiger partial charge in [0, 0.05) is 24.7 Å². The molecule has 28 heavy (non-hydrogen) atoms. The quantitative estimate of drug-likeness (QED) is 0.457. The number of benzene rings is 1. The van der Waals surface area contributed by atoms with Gasteiger partial charge in [-0.1, -0.05) is 12.1 Å². The lowest BCUT2D eigenvalue weighted by Gasteiger charge is -2.21. The number of ether oxygens (including phenoxy) is 1. The fraction of sp³-hybridized carbons (Fsp3) is 0.522. The average molecular weight is 387 g/mol. The van der Waals surface area contributed by atoms with E-state index in [9.17, 15) is 9.90 Å². The minimum absolute atomic E-state index is 0.0447. The normalized spacial score (nSPS) is 13.4. The average Bonchev–Trinajstić information content (AvgIpc) is 3.04. The van der Waals surface area contributed by atoms with Crippen LogP contribution in [0.4, 0.5) is 0 Å². The molecule has 0 unspecified atom stereocenters. The number of aliphatic hydroxyl groups is 1. The molecule has 5 heteroatoms. The summed E-state index contributed by atoms with van der Waals surface area (Å²) < 4.78 is 7.26. The predicted molar refractivity (Wildman–Crippen MR) is 113 cm³/mol. The lowest BCUT2D eigenvalue weighted by molar-refractivity contribution is 0.0971. The molecule has 0 spiro atoms. The van der Waals surface area contributed by atoms with Crippen molar-refractivity contribution in [3.63, 3.8) is 0 Å². The number of aliphatic hydroxyl groups excluding tert-OH is 1. The number of hydrogen-bond acceptors (Lipinski definition) is 4. The molecule has 0 saturated carbocycles. The maximum Gasteiger partial charge on any atom is 0.179 e. The van der Waals surface area contributed by atoms with Crippen LogP contribution >= 0.6 is 0 Å². The molecule has 0 aliphatic carbocycles. The minimum Gasteiger partial charge on any atom is -0.496 e. The molecular formula is C23H34N2O3. The fourth-order valence-corrected chi connectivity index (χ4v) is 3.42. The number of ketones is 1. The molecule has 2 aromatic rings. The maximum atomic E-state index is 12.6. The number of hydrogen-bond donors (Lipinski definition) is 2. The van der Waals surface area contributed by atoms with Crippen molar-refractivity contribution in [1.29, 1.82) is 0 Å². The Kier molecular flexibility index (Phi) is 7.84. The second-order valence-electron chi connectivity index (χ2n) is 8.02. The number of aryl methyl sites for hydroxylation is 3. The van der Waals surface area contributed by atoms with Crippen LogP contribution in [0.1, 0.15) is 59.9 Å². The molecule has 0 aliphatic rings. The van der Waals surface area contributed by atoms with Crippen molar-refractivity contribution >= 4 is 5.78 Å². The van der Waals surface area contributed by atoms with E-state index in [-0.39, 0.29) is 12.4 Å². The Morgan fingerprint density at radius 3 is 2.61 bits per heavy atom. The minimum atomic E-state index is -0.589. The molecule has 1 aromatic heterocycles. The monoisotopic (exact) mass is 386 g/mol. The number of carbonyl (C=O) groups is 1. The van der Waals surface area contributed by atoms with E-state index in [0.717, 1.165) is 48.4 Å². The van der Waals surface area contributed by atoms with Crippen molar-refractivity contribution in [1.82, 2.24) is 4.57 Å². The van der Waals surface area contributed by atoms with Gasteiger partial charge >= 0.3 is 0 Å². The number of methoxy groups -OCH3 is 1. The summed E-state index contributed by atoms with van der Waals surface area (Å²) in [5.41, 5.74) is 9.65. The molecular weight excluding hydrogens is 352 g/mol. The second-order valence-corrected chi connectivity index (χ2v) is 8.02. The van der Waals surface area contributed by atoms with Crippen LogP contribution in [0, 0.1) is 6.92 Å². The summed E-state index contributed by atoms with van der Waals surface area (Å²) in [7, 11) is 3.61. The molecule has 5 nitrogen and oxygen atoms in total. The molecule has 1 atom stereocenters. The summed E-state index contributed by atoms with van der Waals surface area (Å²) in [4.78, 5) is 12.6. The number of rotatable bonds is 11. The SMILES string of the molecule is COc1ccc(CCCCC(=O)c2ccc(CC[C@@](C)(N)CO)n2C)cc1C. The van der Waals surface area contributed by atoms with E-state index in [2.05, 4.69) is 12.1 Å². The third-order valence-electron chi connectivity index (χ3n) is 5.40. The third-order valence-corrected chi connectivity index (χ3v) is 5.40. The molecule has 0 fully saturated rings. The zero-order valence-electron chi connectivity index (χ0n) is 17.6. The zero-order chi connectivity index (χ0) is 20.7. The van der Waals surface area contributed by atoms with E-state index in [4.69, 9.17) is 10.5 Å². The summed E-state index contributed by atoms with van der Waals surface area (Å²) in [6.07, 6.45) is 4.79. The van der Waals surface area contributed by atoms with Gasteiger partial charge in [-0.05, 0) is 75.3 Å². The van der Waals surface area contributed by atoms with Gasteiger partial charge in [0.1, 0.15) is 5.75 Å². The number of nitrogens with zero attached hydrogens (tertiary/aromatic N) is 1. The largest absolute Gasteiger partial charge is 0.496 e. The lowest BCUT2D eigenvalue weighted by Crippen LogP contribution is -2.40. The number of nitrogens with two attached hydrogens (primary N) is 1. The molecule has 0 amide bonds. The van der Waals surface area contributed by atoms with Crippen LogP contribution in [0.3, 0.4) is 0 Å². The van der Waals surface area contributed by atoms with Crippen molar-refractivity contribution in [2.75, 3.05) is 13.7 Å². The van der Waals surface area contributed by atoms with Crippen LogP contribution in [0.15, 0.2) is 30.3 Å². The van der Waals surface area contributed by atoms with E-state index in [1.165, 1.54) is 5.56 Å². The lowest BCUT2D eigenvalue weighted by atomic mass is 9.97. The first-order valence-electron chi connectivity index (χ1n) is 9.98. The number of aromatic nitrogens is 1. The van der Waals surface area contributed by atoms with Crippen molar-refractivity contribution in [2.45, 2.75) is 57.9 Å². The Morgan fingerprint density at radius 2 is 1.96 bits per heavy atom. The summed E-state index contributed by atoms with van der Waals surface area (Å²) in [5, 5.41) is 9.29. The molecule has 0 saturated heterocycles. The van der Waals surface area contributed by atoms with Gasteiger partial charge in [0.25, 0.3) is 0 Å². The topological polar surface area (TPSA) is 77.5 Å². The van der Waals surface area contributed by atoms with Gasteiger partial charge in [-0.25, -0.2) is 0 Å². The highest BCUT2D eigenvalue weighted by molar-refractivity contribution is 5.94. The molecule has 2 rings (SSSR count). The maximum absolute atomic E-state index is 12.6. The van der Waals surface area contributed by atoms with Crippen molar-refractivity contribution in [3.05, 3.63) is 52.8 Å². The first-order valence-corrected chi connectivity index (χ1v) is 9.98. The van der Waals surface area contributed by atoms with Crippen molar-refractivity contribution < 1.29 is 14.6 Å². The van der Waals surface area contributed by atoms with E-state index >= 15 is 0 Å². The van der Waals surface area contributed by atoms with Gasteiger partial charge in [0.2, 0.25) is 0 Å². The number of Topliss-reactive ketones (excluding diaryl/α,β-unsaturated/α-hetero) is 1. The van der Waals surface area contributed by atoms with Crippen LogP contribution < -0.4 is 10.5 Å². The Balaban J connectivity index is 1.82. The summed E-state index contributed by atoms with van der Waals surface area (Å²) in [6, 6.07) is 10.1. The highest BCUT2D eigenvalue weighted by atomic mass is 16.5. The Bertz CT molecular complexity index is 793. The smallest absolute Gasteiger partial charge is 0.179 e. The predicted octanol–water partition coefficient (Wildman–Crippen LogP) is 3.58. The van der Waals surface area contributed by atoms with Crippen molar-refractivity contribution in [2.24, 2.45) is 12.8 Å². The van der Waals surface area contributed by atoms with Crippen LogP contribution in [0.5, 0.6) is 5.75 Å². The second kappa shape index (κ2) is 9.89. The molecule has 1 heterocycles. The van der Waals surface area contributed by atoms with E-state index in [1.54, 1.807) is 7.11 Å². The molecule has 1 aromatic carbocycles. The van der Waals surface area contributed by atoms with E-state index in [0.29, 0.717) is 12.8 Å². The zero-order valence-corrected chi connectivity index (χ0v) is 17.6. The Morgan fingerprint density at radius 1 is 1.21 bits per heavy atom. The standard InChI is InChI=1S/C23H34N2O3/c1-17-15-18(9-12-22(17)28-4)7-5-6-8-21(27)20-11-10-19(25(20)3)13-14-23(2,24)16-26/h9-12,15,26H,5-8,13-14,16,24H2,1-4H3/t23-/m1/s1. The molecule has 0 bridgehead atoms. The molecule has 0 radical (unpaired) electrons. The van der Waals surface area contributed by atoms with Crippen LogP contribution in [-0.4, -0.2) is 34.7 Å². The van der Waals surface area contributed by atoms with Gasteiger partial charge < -0.3 is 20.1 Å². The van der Waals surface area contributed by atoms with Gasteiger partial charge in [-0.15, -0.1) is 0 Å². The van der Waals surface area contributed by atoms with Gasteiger partial charge in [-0.3, -0.25) is 4.79 Å². The Labute approximate surface area is 168 Å². The van der Waals surface area contributed by atoms with Gasteiger partial charge in [0.05, 0.1) is 19.4 Å². The highest BCUT2D eigenvalue weighted by Crippen LogP contribution is 2.20. The summed E-state index contributed by atoms with van der Waals surface area (Å²) >= 11 is 0. The molecule has 154 valence electrons. The third kappa shape index (κ3) is 5.94. The number of unbranched alkanes of at least 4 members (excludes halogenated alkanes) is 1. The van der Waals surface area contributed by atoms with Gasteiger partial charge in [-0.2, -0.15) is 0 Å². The Hall–Kier alpha value is -2.11. The van der Waals surface area contributed by atoms with Crippen LogP contribution in [0.2, 0.25) is 0 Å². The van der Waals surface area contributed by atoms with Crippen LogP contribution in [0.25, 0.3) is 0 Å². The van der Waals surface area contributed by atoms with E-state index in [1.807, 2.05) is 43.7 Å². The first-order chi connectivity index (χ1) is 13.3. The first kappa shape index (κ1) is 22.2. The molecule has 3 N–H and O–H groups in total. The summed E-state index contributed by atoms with van der Waals surface area (Å²) in [5.74, 6) is 1.09. The van der Waals surface area contributed by atoms with Crippen molar-refractivity contribution in [3.8, 4) is 5.75 Å². The van der Waals surface area contributed by atoms with Crippen LogP contribution in [-0.2, 0) is 19.9 Å². The fourth-order valence-electron chi connectivity index (χ4n) is 3.42. The molecule has 0 aliphatic heterocycles. The number of carbonyl (C=O) groups excluding carboxylic acids is 1. The van der Waals surface area contributed by atoms with E-state index < -0.39 is 5.54 Å². The highest BCUT2D eigenvalue weighted by Gasteiger charge is 2.19. The van der Waals surface area contributed by atoms with Gasteiger partial charge in [0.15, 0.2) is 5.78 Å².